The number of halogens is 1. The first-order valence-corrected chi connectivity index (χ1v) is 6.14. The second kappa shape index (κ2) is 29.2. The monoisotopic (exact) mass is 345 g/mol. The van der Waals surface area contributed by atoms with Gasteiger partial charge in [0.05, 0.1) is 0 Å². The van der Waals surface area contributed by atoms with Crippen LogP contribution in [0.4, 0.5) is 3.50 Å². The van der Waals surface area contributed by atoms with Gasteiger partial charge in [0, 0.05) is 47.5 Å². The normalized spacial score (nSPS) is 6.79. The zero-order valence-corrected chi connectivity index (χ0v) is 14.2. The molecule has 0 bridgehead atoms. The Labute approximate surface area is 110 Å². The van der Waals surface area contributed by atoms with Crippen molar-refractivity contribution in [2.75, 3.05) is 21.3 Å². The predicted molar refractivity (Wildman–Crippen MR) is 55.7 cm³/mol. The van der Waals surface area contributed by atoms with Crippen LogP contribution in [0.15, 0.2) is 24.3 Å². The van der Waals surface area contributed by atoms with Gasteiger partial charge in [-0.15, -0.1) is 0 Å². The summed E-state index contributed by atoms with van der Waals surface area (Å²) < 4.78 is 12.7. The van der Waals surface area contributed by atoms with Crippen LogP contribution >= 0.6 is 0 Å². The van der Waals surface area contributed by atoms with E-state index in [1.807, 2.05) is 24.3 Å². The Balaban J connectivity index is -0.0000000625. The molecule has 1 aromatic rings. The fourth-order valence-corrected chi connectivity index (χ4v) is 1.45. The van der Waals surface area contributed by atoms with E-state index in [1.54, 1.807) is 0 Å². The van der Waals surface area contributed by atoms with Gasteiger partial charge in [0.1, 0.15) is 0 Å². The second-order valence-electron chi connectivity index (χ2n) is 1.43. The Hall–Kier alpha value is 0.586. The van der Waals surface area contributed by atoms with Crippen LogP contribution in [0.1, 0.15) is 0 Å². The minimum absolute atomic E-state index is 0. The van der Waals surface area contributed by atoms with Crippen LogP contribution in [0.3, 0.4) is 0 Å². The third kappa shape index (κ3) is 18.4. The molecule has 0 aromatic heterocycles. The number of aliphatic hydroxyl groups excluding tert-OH is 3. The van der Waals surface area contributed by atoms with Gasteiger partial charge in [-0.3, -0.25) is 0 Å². The van der Waals surface area contributed by atoms with Crippen molar-refractivity contribution in [3.63, 3.8) is 0 Å². The third-order valence-corrected chi connectivity index (χ3v) is 2.52. The summed E-state index contributed by atoms with van der Waals surface area (Å²) in [5, 5.41) is 21.0. The fourth-order valence-electron chi connectivity index (χ4n) is 0.503. The molecule has 0 radical (unpaired) electrons. The van der Waals surface area contributed by atoms with Gasteiger partial charge in [-0.25, -0.2) is 0 Å². The zero-order valence-electron chi connectivity index (χ0n) is 8.74. The second-order valence-corrected chi connectivity index (χ2v) is 3.70. The standard InChI is InChI=1S/C5H6FGe.3CH4O.Zr/c6-7-5-3-1-2-4-5;3*1-2;/h1-4H,7H2;3*2H,1H3;/q-1;;;;. The molecule has 0 aliphatic rings. The van der Waals surface area contributed by atoms with Crippen LogP contribution in [-0.4, -0.2) is 52.5 Å². The van der Waals surface area contributed by atoms with E-state index >= 15 is 0 Å². The summed E-state index contributed by atoms with van der Waals surface area (Å²) in [6, 6.07) is 7.44. The quantitative estimate of drug-likeness (QED) is 0.448. The number of rotatable bonds is 1. The maximum absolute atomic E-state index is 11.7. The largest absolute Gasteiger partial charge is 0 e. The van der Waals surface area contributed by atoms with E-state index in [4.69, 9.17) is 15.3 Å². The van der Waals surface area contributed by atoms with E-state index < -0.39 is 15.9 Å². The van der Waals surface area contributed by atoms with Crippen LogP contribution in [0.2, 0.25) is 0 Å². The average Bonchev–Trinajstić information content (AvgIpc) is 2.79. The maximum Gasteiger partial charge on any atom is 0 e. The van der Waals surface area contributed by atoms with Gasteiger partial charge in [0.2, 0.25) is 0 Å². The molecule has 6 heteroatoms. The van der Waals surface area contributed by atoms with Gasteiger partial charge >= 0.3 is 48.1 Å². The van der Waals surface area contributed by atoms with Gasteiger partial charge in [-0.05, 0) is 0 Å². The summed E-state index contributed by atoms with van der Waals surface area (Å²) in [6.45, 7) is 0. The number of hydrogen-bond donors (Lipinski definition) is 3. The molecule has 0 aliphatic carbocycles. The molecule has 84 valence electrons. The summed E-state index contributed by atoms with van der Waals surface area (Å²) in [6.07, 6.45) is 0. The van der Waals surface area contributed by atoms with E-state index in [2.05, 4.69) is 0 Å². The Morgan fingerprint density at radius 3 is 1.36 bits per heavy atom. The topological polar surface area (TPSA) is 60.7 Å². The molecule has 1 rings (SSSR count). The van der Waals surface area contributed by atoms with Crippen molar-refractivity contribution in [2.24, 2.45) is 0 Å². The summed E-state index contributed by atoms with van der Waals surface area (Å²) in [5.41, 5.74) is 0. The SMILES string of the molecule is CO.CO.CO.[F][GeH2][c-]1cccc1.[Zr]. The molecule has 0 spiro atoms. The van der Waals surface area contributed by atoms with Crippen LogP contribution < -0.4 is 4.40 Å². The molecule has 0 aliphatic heterocycles. The van der Waals surface area contributed by atoms with Crippen LogP contribution in [0.5, 0.6) is 0 Å². The molecule has 1 aromatic carbocycles. The number of hydrogen-bond acceptors (Lipinski definition) is 3. The summed E-state index contributed by atoms with van der Waals surface area (Å²) in [5.74, 6) is 0. The Bertz CT molecular complexity index is 139. The molecule has 0 saturated carbocycles. The molecule has 0 atom stereocenters. The molecule has 0 heterocycles. The van der Waals surface area contributed by atoms with E-state index in [0.717, 1.165) is 25.7 Å². The molecular weight excluding hydrogens is 327 g/mol. The average molecular weight is 345 g/mol. The van der Waals surface area contributed by atoms with Crippen LogP contribution in [-0.2, 0) is 26.2 Å². The van der Waals surface area contributed by atoms with Crippen molar-refractivity contribution in [3.8, 4) is 0 Å². The minimum Gasteiger partial charge on any atom is 0 e. The predicted octanol–water partition coefficient (Wildman–Crippen LogP) is -1.09. The summed E-state index contributed by atoms with van der Waals surface area (Å²) >= 11 is -1.73. The van der Waals surface area contributed by atoms with Crippen molar-refractivity contribution in [3.05, 3.63) is 24.3 Å². The molecule has 0 unspecified atom stereocenters. The van der Waals surface area contributed by atoms with Gasteiger partial charge in [-0.1, -0.05) is 0 Å². The first-order chi connectivity index (χ1) is 6.43. The van der Waals surface area contributed by atoms with Gasteiger partial charge in [0.25, 0.3) is 0 Å². The maximum atomic E-state index is 11.7. The molecule has 0 amide bonds. The summed E-state index contributed by atoms with van der Waals surface area (Å²) in [4.78, 5) is 0. The van der Waals surface area contributed by atoms with Crippen molar-refractivity contribution >= 4 is 20.3 Å². The molecule has 0 saturated heterocycles. The first kappa shape index (κ1) is 24.0. The van der Waals surface area contributed by atoms with E-state index in [1.165, 1.54) is 0 Å². The molecule has 3 nitrogen and oxygen atoms in total. The molecule has 0 fully saturated rings. The smallest absolute Gasteiger partial charge is 0 e. The fraction of sp³-hybridized carbons (Fsp3) is 0.375. The zero-order chi connectivity index (χ0) is 11.1. The first-order valence-electron chi connectivity index (χ1n) is 3.54. The van der Waals surface area contributed by atoms with E-state index in [0.29, 0.717) is 0 Å². The Morgan fingerprint density at radius 1 is 0.929 bits per heavy atom. The van der Waals surface area contributed by atoms with Crippen molar-refractivity contribution < 1.29 is 45.0 Å². The Kier molecular flexibility index (Phi) is 50.1. The van der Waals surface area contributed by atoms with Gasteiger partial charge in [0.15, 0.2) is 0 Å². The van der Waals surface area contributed by atoms with Gasteiger partial charge in [-0.2, -0.15) is 0 Å². The Morgan fingerprint density at radius 2 is 1.21 bits per heavy atom. The molecule has 3 N–H and O–H groups in total. The number of aliphatic hydroxyl groups is 3. The van der Waals surface area contributed by atoms with Crippen molar-refractivity contribution in [1.29, 1.82) is 0 Å². The van der Waals surface area contributed by atoms with Crippen molar-refractivity contribution in [2.45, 2.75) is 0 Å². The van der Waals surface area contributed by atoms with Gasteiger partial charge < -0.3 is 15.3 Å². The van der Waals surface area contributed by atoms with Crippen molar-refractivity contribution in [1.82, 2.24) is 0 Å². The third-order valence-electron chi connectivity index (χ3n) is 0.886. The minimum atomic E-state index is -1.73. The summed E-state index contributed by atoms with van der Waals surface area (Å²) in [7, 11) is 3.00. The van der Waals surface area contributed by atoms with Crippen LogP contribution in [0, 0.1) is 0 Å². The molecule has 14 heavy (non-hydrogen) atoms. The van der Waals surface area contributed by atoms with E-state index in [-0.39, 0.29) is 26.2 Å². The van der Waals surface area contributed by atoms with E-state index in [9.17, 15) is 3.50 Å². The van der Waals surface area contributed by atoms with Crippen LogP contribution in [0.25, 0.3) is 0 Å². The molecular formula is C8H18FGeO3Zr-.